The second-order valence-electron chi connectivity index (χ2n) is 11.8. The van der Waals surface area contributed by atoms with E-state index in [0.29, 0.717) is 5.82 Å². The summed E-state index contributed by atoms with van der Waals surface area (Å²) in [7, 11) is 0. The van der Waals surface area contributed by atoms with E-state index in [4.69, 9.17) is 14.7 Å². The van der Waals surface area contributed by atoms with Gasteiger partial charge >= 0.3 is 0 Å². The number of rotatable bonds is 5. The molecule has 0 spiro atoms. The average molecular weight is 601 g/mol. The minimum Gasteiger partial charge on any atom is -0.456 e. The predicted octanol–water partition coefficient (Wildman–Crippen LogP) is 11.7. The molecule has 0 amide bonds. The maximum Gasteiger partial charge on any atom is 0.160 e. The van der Waals surface area contributed by atoms with Gasteiger partial charge in [-0.3, -0.25) is 0 Å². The van der Waals surface area contributed by atoms with Gasteiger partial charge in [0.15, 0.2) is 5.82 Å². The minimum atomic E-state index is 0.705. The number of nitrogens with zero attached hydrogens (tertiary/aromatic N) is 2. The van der Waals surface area contributed by atoms with Gasteiger partial charge in [0.1, 0.15) is 11.5 Å². The highest BCUT2D eigenvalue weighted by Gasteiger charge is 2.20. The van der Waals surface area contributed by atoms with Crippen molar-refractivity contribution < 1.29 is 4.74 Å². The lowest BCUT2D eigenvalue weighted by Crippen LogP contribution is -1.97. The largest absolute Gasteiger partial charge is 0.456 e. The molecule has 1 aliphatic rings. The zero-order valence-electron chi connectivity index (χ0n) is 25.5. The molecule has 0 atom stereocenters. The van der Waals surface area contributed by atoms with Crippen LogP contribution in [0.2, 0.25) is 0 Å². The van der Waals surface area contributed by atoms with Crippen molar-refractivity contribution in [3.05, 3.63) is 170 Å². The fourth-order valence-corrected chi connectivity index (χ4v) is 6.50. The number of hydrogen-bond donors (Lipinski definition) is 0. The molecule has 8 aromatic rings. The smallest absolute Gasteiger partial charge is 0.160 e. The third-order valence-electron chi connectivity index (χ3n) is 8.92. The van der Waals surface area contributed by atoms with Crippen molar-refractivity contribution in [1.29, 1.82) is 0 Å². The summed E-state index contributed by atoms with van der Waals surface area (Å²) in [6.45, 7) is 0. The van der Waals surface area contributed by atoms with Crippen LogP contribution >= 0.6 is 0 Å². The van der Waals surface area contributed by atoms with Crippen LogP contribution in [0.15, 0.2) is 170 Å². The van der Waals surface area contributed by atoms with Gasteiger partial charge in [-0.2, -0.15) is 0 Å². The van der Waals surface area contributed by atoms with Crippen LogP contribution in [0.1, 0.15) is 0 Å². The van der Waals surface area contributed by atoms with E-state index in [1.807, 2.05) is 30.3 Å². The summed E-state index contributed by atoms with van der Waals surface area (Å²) in [5.74, 6) is 2.49. The summed E-state index contributed by atoms with van der Waals surface area (Å²) in [5.41, 5.74) is 11.8. The van der Waals surface area contributed by atoms with Gasteiger partial charge in [0.05, 0.1) is 11.4 Å². The number of fused-ring (bicyclic) bond motifs is 2. The second kappa shape index (κ2) is 11.2. The quantitative estimate of drug-likeness (QED) is 0.197. The second-order valence-corrected chi connectivity index (χ2v) is 11.8. The molecule has 0 N–H and O–H groups in total. The van der Waals surface area contributed by atoms with E-state index in [0.717, 1.165) is 56.3 Å². The Morgan fingerprint density at radius 1 is 0.340 bits per heavy atom. The van der Waals surface area contributed by atoms with E-state index in [2.05, 4.69) is 140 Å². The molecule has 0 aliphatic carbocycles. The van der Waals surface area contributed by atoms with E-state index >= 15 is 0 Å². The van der Waals surface area contributed by atoms with Crippen LogP contribution in [0.25, 0.3) is 78.1 Å². The molecular formula is C44H28N2O. The Morgan fingerprint density at radius 3 is 1.53 bits per heavy atom. The van der Waals surface area contributed by atoms with Crippen LogP contribution in [-0.2, 0) is 0 Å². The third-order valence-corrected chi connectivity index (χ3v) is 8.92. The lowest BCUT2D eigenvalue weighted by molar-refractivity contribution is 0.487. The van der Waals surface area contributed by atoms with Crippen molar-refractivity contribution in [2.24, 2.45) is 0 Å². The average Bonchev–Trinajstić information content (AvgIpc) is 3.15. The van der Waals surface area contributed by atoms with E-state index in [1.165, 1.54) is 27.5 Å². The molecule has 9 rings (SSSR count). The maximum absolute atomic E-state index is 6.43. The molecule has 3 heteroatoms. The highest BCUT2D eigenvalue weighted by atomic mass is 16.5. The van der Waals surface area contributed by atoms with Crippen LogP contribution in [0, 0.1) is 0 Å². The minimum absolute atomic E-state index is 0.705. The molecule has 0 unspecified atom stereocenters. The molecule has 1 aromatic heterocycles. The molecule has 0 saturated carbocycles. The monoisotopic (exact) mass is 600 g/mol. The predicted molar refractivity (Wildman–Crippen MR) is 192 cm³/mol. The van der Waals surface area contributed by atoms with Gasteiger partial charge in [0.25, 0.3) is 0 Å². The van der Waals surface area contributed by atoms with Crippen molar-refractivity contribution >= 4 is 10.8 Å². The van der Waals surface area contributed by atoms with Crippen LogP contribution in [0.5, 0.6) is 11.5 Å². The standard InChI is InChI=1S/C44H28N2O/c1-3-9-29(10-4-1)30-17-21-32(22-18-30)39-28-40(46-44(45-39)35-11-5-2-6-12-35)33-23-19-31(20-24-33)36-25-26-37-38-15-7-13-34-14-8-16-41(43(34)38)47-42(37)27-36/h1-28H. The van der Waals surface area contributed by atoms with Gasteiger partial charge in [-0.25, -0.2) is 9.97 Å². The molecule has 0 fully saturated rings. The molecule has 1 aliphatic heterocycles. The molecule has 0 saturated heterocycles. The Kier molecular flexibility index (Phi) is 6.46. The fourth-order valence-electron chi connectivity index (χ4n) is 6.50. The summed E-state index contributed by atoms with van der Waals surface area (Å²) in [4.78, 5) is 10.0. The van der Waals surface area contributed by atoms with Crippen molar-refractivity contribution in [2.45, 2.75) is 0 Å². The first-order valence-corrected chi connectivity index (χ1v) is 15.8. The van der Waals surface area contributed by atoms with Gasteiger partial charge in [-0.1, -0.05) is 146 Å². The Morgan fingerprint density at radius 2 is 0.872 bits per heavy atom. The third kappa shape index (κ3) is 4.95. The Hall–Kier alpha value is -6.32. The number of aromatic nitrogens is 2. The molecule has 0 radical (unpaired) electrons. The first-order valence-electron chi connectivity index (χ1n) is 15.8. The zero-order chi connectivity index (χ0) is 31.2. The Labute approximate surface area is 273 Å². The van der Waals surface area contributed by atoms with Crippen molar-refractivity contribution in [1.82, 2.24) is 9.97 Å². The van der Waals surface area contributed by atoms with E-state index in [9.17, 15) is 0 Å². The fraction of sp³-hybridized carbons (Fsp3) is 0. The summed E-state index contributed by atoms with van der Waals surface area (Å²) in [6.07, 6.45) is 0. The molecule has 220 valence electrons. The molecule has 3 nitrogen and oxygen atoms in total. The lowest BCUT2D eigenvalue weighted by Gasteiger charge is -2.22. The summed E-state index contributed by atoms with van der Waals surface area (Å²) >= 11 is 0. The van der Waals surface area contributed by atoms with E-state index in [-0.39, 0.29) is 0 Å². The first-order chi connectivity index (χ1) is 23.3. The van der Waals surface area contributed by atoms with Crippen LogP contribution < -0.4 is 4.74 Å². The SMILES string of the molecule is c1ccc(-c2ccc(-c3cc(-c4ccc(-c5ccc6c(c5)Oc5cccc7cccc-6c57)cc4)nc(-c4ccccc4)n3)cc2)cc1. The highest BCUT2D eigenvalue weighted by Crippen LogP contribution is 2.47. The summed E-state index contributed by atoms with van der Waals surface area (Å²) in [5, 5.41) is 2.36. The van der Waals surface area contributed by atoms with Crippen molar-refractivity contribution in [3.8, 4) is 78.8 Å². The molecular weight excluding hydrogens is 572 g/mol. The van der Waals surface area contributed by atoms with E-state index < -0.39 is 0 Å². The normalized spacial score (nSPS) is 11.6. The van der Waals surface area contributed by atoms with Gasteiger partial charge < -0.3 is 4.74 Å². The molecule has 0 bridgehead atoms. The van der Waals surface area contributed by atoms with Crippen LogP contribution in [-0.4, -0.2) is 9.97 Å². The van der Waals surface area contributed by atoms with Crippen LogP contribution in [0.3, 0.4) is 0 Å². The number of ether oxygens (including phenoxy) is 1. The first kappa shape index (κ1) is 27.0. The highest BCUT2D eigenvalue weighted by molar-refractivity contribution is 6.04. The number of benzene rings is 7. The zero-order valence-corrected chi connectivity index (χ0v) is 25.5. The maximum atomic E-state index is 6.43. The molecule has 47 heavy (non-hydrogen) atoms. The van der Waals surface area contributed by atoms with Crippen LogP contribution in [0.4, 0.5) is 0 Å². The van der Waals surface area contributed by atoms with Gasteiger partial charge in [-0.15, -0.1) is 0 Å². The topological polar surface area (TPSA) is 35.0 Å². The van der Waals surface area contributed by atoms with E-state index in [1.54, 1.807) is 0 Å². The van der Waals surface area contributed by atoms with Gasteiger partial charge in [0, 0.05) is 27.6 Å². The summed E-state index contributed by atoms with van der Waals surface area (Å²) in [6, 6.07) is 59.1. The van der Waals surface area contributed by atoms with Crippen molar-refractivity contribution in [2.75, 3.05) is 0 Å². The Balaban J connectivity index is 1.07. The molecule has 7 aromatic carbocycles. The lowest BCUT2D eigenvalue weighted by atomic mass is 9.93. The van der Waals surface area contributed by atoms with Crippen molar-refractivity contribution in [3.63, 3.8) is 0 Å². The molecule has 2 heterocycles. The summed E-state index contributed by atoms with van der Waals surface area (Å²) < 4.78 is 6.43. The Bertz CT molecular complexity index is 2390. The van der Waals surface area contributed by atoms with Gasteiger partial charge in [-0.05, 0) is 57.5 Å². The number of hydrogen-bond acceptors (Lipinski definition) is 3. The van der Waals surface area contributed by atoms with Gasteiger partial charge in [0.2, 0.25) is 0 Å².